The van der Waals surface area contributed by atoms with Crippen LogP contribution in [0.4, 0.5) is 4.39 Å². The van der Waals surface area contributed by atoms with Crippen molar-refractivity contribution in [3.63, 3.8) is 0 Å². The summed E-state index contributed by atoms with van der Waals surface area (Å²) in [6.07, 6.45) is 3.75. The number of hydrogen-bond acceptors (Lipinski definition) is 3. The Bertz CT molecular complexity index is 326. The lowest BCUT2D eigenvalue weighted by Gasteiger charge is -2.27. The molecule has 1 aromatic rings. The molecule has 0 amide bonds. The van der Waals surface area contributed by atoms with Crippen molar-refractivity contribution in [3.8, 4) is 0 Å². The van der Waals surface area contributed by atoms with Gasteiger partial charge in [-0.3, -0.25) is 4.98 Å². The van der Waals surface area contributed by atoms with Crippen LogP contribution >= 0.6 is 0 Å². The number of aliphatic hydroxyl groups is 1. The molecule has 1 aromatic heterocycles. The number of nitrogens with one attached hydrogen (secondary N) is 1. The van der Waals surface area contributed by atoms with Gasteiger partial charge in [-0.2, -0.15) is 0 Å². The maximum absolute atomic E-state index is 13.4. The molecule has 1 aliphatic rings. The van der Waals surface area contributed by atoms with Crippen molar-refractivity contribution in [1.82, 2.24) is 10.3 Å². The minimum Gasteiger partial charge on any atom is -0.388 e. The van der Waals surface area contributed by atoms with Crippen LogP contribution in [0.1, 0.15) is 24.5 Å². The number of pyridine rings is 1. The second-order valence-electron chi connectivity index (χ2n) is 3.93. The molecule has 15 heavy (non-hydrogen) atoms. The van der Waals surface area contributed by atoms with Crippen LogP contribution in [-0.4, -0.2) is 23.2 Å². The molecule has 0 saturated carbocycles. The summed E-state index contributed by atoms with van der Waals surface area (Å²) >= 11 is 0. The lowest BCUT2D eigenvalue weighted by molar-refractivity contribution is 0.0855. The third-order valence-corrected chi connectivity index (χ3v) is 2.95. The summed E-state index contributed by atoms with van der Waals surface area (Å²) in [6, 6.07) is 1.56. The Balaban J connectivity index is 2.12. The quantitative estimate of drug-likeness (QED) is 0.772. The molecule has 2 N–H and O–H groups in total. The van der Waals surface area contributed by atoms with E-state index in [1.54, 1.807) is 6.07 Å². The third kappa shape index (κ3) is 2.33. The number of halogens is 1. The van der Waals surface area contributed by atoms with Crippen molar-refractivity contribution < 1.29 is 9.50 Å². The zero-order chi connectivity index (χ0) is 10.7. The van der Waals surface area contributed by atoms with Crippen LogP contribution in [0.5, 0.6) is 0 Å². The van der Waals surface area contributed by atoms with E-state index in [-0.39, 0.29) is 5.92 Å². The standard InChI is InChI=1S/C11H15FN2O/c12-10-7-14-6-3-9(10)11(15)8-1-4-13-5-2-8/h3,6-8,11,13,15H,1-2,4-5H2. The van der Waals surface area contributed by atoms with Gasteiger partial charge in [0.15, 0.2) is 0 Å². The Labute approximate surface area is 88.3 Å². The lowest BCUT2D eigenvalue weighted by Crippen LogP contribution is -2.31. The van der Waals surface area contributed by atoms with Gasteiger partial charge in [-0.25, -0.2) is 4.39 Å². The fourth-order valence-electron chi connectivity index (χ4n) is 2.04. The molecule has 4 heteroatoms. The number of nitrogens with zero attached hydrogens (tertiary/aromatic N) is 1. The van der Waals surface area contributed by atoms with Gasteiger partial charge in [0.05, 0.1) is 12.3 Å². The first-order valence-electron chi connectivity index (χ1n) is 5.27. The summed E-state index contributed by atoms with van der Waals surface area (Å²) in [7, 11) is 0. The second kappa shape index (κ2) is 4.68. The topological polar surface area (TPSA) is 45.2 Å². The van der Waals surface area contributed by atoms with Gasteiger partial charge in [-0.15, -0.1) is 0 Å². The molecule has 82 valence electrons. The highest BCUT2D eigenvalue weighted by atomic mass is 19.1. The molecule has 3 nitrogen and oxygen atoms in total. The van der Waals surface area contributed by atoms with Crippen molar-refractivity contribution in [2.45, 2.75) is 18.9 Å². The van der Waals surface area contributed by atoms with E-state index >= 15 is 0 Å². The first-order chi connectivity index (χ1) is 7.29. The summed E-state index contributed by atoms with van der Waals surface area (Å²) in [5.74, 6) is -0.258. The lowest BCUT2D eigenvalue weighted by atomic mass is 9.88. The molecule has 1 atom stereocenters. The van der Waals surface area contributed by atoms with Gasteiger partial charge in [0.2, 0.25) is 0 Å². The van der Waals surface area contributed by atoms with Gasteiger partial charge in [0.25, 0.3) is 0 Å². The molecule has 0 aliphatic carbocycles. The molecule has 2 heterocycles. The van der Waals surface area contributed by atoms with Crippen molar-refractivity contribution in [2.24, 2.45) is 5.92 Å². The highest BCUT2D eigenvalue weighted by Crippen LogP contribution is 2.29. The van der Waals surface area contributed by atoms with E-state index in [2.05, 4.69) is 10.3 Å². The minimum atomic E-state index is -0.699. The Kier molecular flexibility index (Phi) is 3.28. The van der Waals surface area contributed by atoms with Gasteiger partial charge in [0, 0.05) is 11.8 Å². The Hall–Kier alpha value is -1.00. The van der Waals surface area contributed by atoms with E-state index < -0.39 is 11.9 Å². The van der Waals surface area contributed by atoms with Gasteiger partial charge in [-0.1, -0.05) is 0 Å². The van der Waals surface area contributed by atoms with Crippen molar-refractivity contribution in [1.29, 1.82) is 0 Å². The molecular formula is C11H15FN2O. The van der Waals surface area contributed by atoms with Crippen molar-refractivity contribution >= 4 is 0 Å². The summed E-state index contributed by atoms with van der Waals surface area (Å²) in [5.41, 5.74) is 0.372. The predicted molar refractivity (Wildman–Crippen MR) is 54.7 cm³/mol. The summed E-state index contributed by atoms with van der Waals surface area (Å²) < 4.78 is 13.4. The first kappa shape index (κ1) is 10.5. The van der Waals surface area contributed by atoms with Crippen LogP contribution in [0, 0.1) is 11.7 Å². The zero-order valence-electron chi connectivity index (χ0n) is 8.49. The molecule has 2 rings (SSSR count). The molecule has 0 radical (unpaired) electrons. The summed E-state index contributed by atoms with van der Waals surface area (Å²) in [5, 5.41) is 13.2. The highest BCUT2D eigenvalue weighted by Gasteiger charge is 2.24. The maximum atomic E-state index is 13.4. The Morgan fingerprint density at radius 3 is 2.87 bits per heavy atom. The third-order valence-electron chi connectivity index (χ3n) is 2.95. The number of aromatic nitrogens is 1. The smallest absolute Gasteiger partial charge is 0.147 e. The van der Waals surface area contributed by atoms with Crippen molar-refractivity contribution in [3.05, 3.63) is 29.8 Å². The zero-order valence-corrected chi connectivity index (χ0v) is 8.49. The molecular weight excluding hydrogens is 195 g/mol. The Morgan fingerprint density at radius 2 is 2.20 bits per heavy atom. The average molecular weight is 210 g/mol. The van der Waals surface area contributed by atoms with E-state index in [1.165, 1.54) is 6.20 Å². The van der Waals surface area contributed by atoms with Crippen LogP contribution in [0.25, 0.3) is 0 Å². The van der Waals surface area contributed by atoms with Gasteiger partial charge in [0.1, 0.15) is 5.82 Å². The van der Waals surface area contributed by atoms with Crippen LogP contribution < -0.4 is 5.32 Å². The monoisotopic (exact) mass is 210 g/mol. The van der Waals surface area contributed by atoms with Crippen LogP contribution in [0.15, 0.2) is 18.5 Å². The SMILES string of the molecule is OC(c1ccncc1F)C1CCNCC1. The first-order valence-corrected chi connectivity index (χ1v) is 5.27. The molecule has 1 aliphatic heterocycles. The summed E-state index contributed by atoms with van der Waals surface area (Å²) in [6.45, 7) is 1.79. The second-order valence-corrected chi connectivity index (χ2v) is 3.93. The fraction of sp³-hybridized carbons (Fsp3) is 0.545. The predicted octanol–water partition coefficient (Wildman–Crippen LogP) is 1.25. The van der Waals surface area contributed by atoms with Crippen LogP contribution in [0.2, 0.25) is 0 Å². The van der Waals surface area contributed by atoms with Gasteiger partial charge >= 0.3 is 0 Å². The molecule has 0 spiro atoms. The minimum absolute atomic E-state index is 0.156. The van der Waals surface area contributed by atoms with Crippen LogP contribution in [0.3, 0.4) is 0 Å². The van der Waals surface area contributed by atoms with E-state index in [1.807, 2.05) is 0 Å². The number of rotatable bonds is 2. The van der Waals surface area contributed by atoms with E-state index in [0.29, 0.717) is 5.56 Å². The summed E-state index contributed by atoms with van der Waals surface area (Å²) in [4.78, 5) is 3.67. The number of aliphatic hydroxyl groups excluding tert-OH is 1. The average Bonchev–Trinajstić information content (AvgIpc) is 2.30. The van der Waals surface area contributed by atoms with Gasteiger partial charge in [-0.05, 0) is 37.9 Å². The molecule has 0 aromatic carbocycles. The van der Waals surface area contributed by atoms with Crippen LogP contribution in [-0.2, 0) is 0 Å². The normalized spacial score (nSPS) is 20.1. The van der Waals surface area contributed by atoms with Gasteiger partial charge < -0.3 is 10.4 Å². The molecule has 1 unspecified atom stereocenters. The van der Waals surface area contributed by atoms with E-state index in [4.69, 9.17) is 0 Å². The van der Waals surface area contributed by atoms with Crippen molar-refractivity contribution in [2.75, 3.05) is 13.1 Å². The van der Waals surface area contributed by atoms with E-state index in [9.17, 15) is 9.50 Å². The maximum Gasteiger partial charge on any atom is 0.147 e. The molecule has 1 fully saturated rings. The molecule has 0 bridgehead atoms. The number of piperidine rings is 1. The fourth-order valence-corrected chi connectivity index (χ4v) is 2.04. The number of hydrogen-bond donors (Lipinski definition) is 2. The highest BCUT2D eigenvalue weighted by molar-refractivity contribution is 5.16. The Morgan fingerprint density at radius 1 is 1.47 bits per heavy atom. The molecule has 1 saturated heterocycles. The van der Waals surface area contributed by atoms with E-state index in [0.717, 1.165) is 32.1 Å². The largest absolute Gasteiger partial charge is 0.388 e.